The summed E-state index contributed by atoms with van der Waals surface area (Å²) in [4.78, 5) is 30.7. The third-order valence-electron chi connectivity index (χ3n) is 5.33. The van der Waals surface area contributed by atoms with Crippen molar-refractivity contribution >= 4 is 57.2 Å². The first-order chi connectivity index (χ1) is 18.1. The molecule has 0 bridgehead atoms. The van der Waals surface area contributed by atoms with E-state index in [-0.39, 0.29) is 17.2 Å². The minimum absolute atomic E-state index is 0.0564. The first-order valence-electron chi connectivity index (χ1n) is 11.3. The number of aromatic nitrogens is 2. The SMILES string of the molecule is O=C(CSc1nc2ccccc2c(=O)n1-c1cccc(Cl)c1)Nc1ccc(N=Nc2ccccc2)cc1. The molecule has 1 aromatic heterocycles. The summed E-state index contributed by atoms with van der Waals surface area (Å²) < 4.78 is 1.48. The van der Waals surface area contributed by atoms with Crippen molar-refractivity contribution in [2.45, 2.75) is 5.16 Å². The predicted octanol–water partition coefficient (Wildman–Crippen LogP) is 7.19. The highest BCUT2D eigenvalue weighted by Crippen LogP contribution is 2.24. The van der Waals surface area contributed by atoms with E-state index in [2.05, 4.69) is 20.5 Å². The summed E-state index contributed by atoms with van der Waals surface area (Å²) in [5.74, 6) is -0.176. The zero-order chi connectivity index (χ0) is 25.6. The van der Waals surface area contributed by atoms with Crippen molar-refractivity contribution in [1.29, 1.82) is 0 Å². The van der Waals surface area contributed by atoms with Gasteiger partial charge in [0.25, 0.3) is 5.56 Å². The molecule has 37 heavy (non-hydrogen) atoms. The van der Waals surface area contributed by atoms with Crippen LogP contribution in [0.25, 0.3) is 16.6 Å². The number of carbonyl (C=O) groups is 1. The first-order valence-corrected chi connectivity index (χ1v) is 12.7. The zero-order valence-corrected chi connectivity index (χ0v) is 21.0. The lowest BCUT2D eigenvalue weighted by atomic mass is 10.2. The first kappa shape index (κ1) is 24.4. The molecule has 0 saturated carbocycles. The van der Waals surface area contributed by atoms with E-state index in [1.165, 1.54) is 16.3 Å². The highest BCUT2D eigenvalue weighted by Gasteiger charge is 2.15. The molecular formula is C28H20ClN5O2S. The average molecular weight is 526 g/mol. The summed E-state index contributed by atoms with van der Waals surface area (Å²) in [5.41, 5.74) is 2.98. The van der Waals surface area contributed by atoms with Crippen LogP contribution in [0.2, 0.25) is 5.02 Å². The maximum atomic E-state index is 13.3. The number of benzene rings is 4. The molecular weight excluding hydrogens is 506 g/mol. The Bertz CT molecular complexity index is 1650. The Morgan fingerprint density at radius 3 is 2.32 bits per heavy atom. The second-order valence-corrected chi connectivity index (χ2v) is 9.33. The average Bonchev–Trinajstić information content (AvgIpc) is 2.92. The Labute approximate surface area is 221 Å². The molecule has 0 radical (unpaired) electrons. The molecule has 0 aliphatic heterocycles. The van der Waals surface area contributed by atoms with Gasteiger partial charge in [-0.05, 0) is 66.7 Å². The maximum absolute atomic E-state index is 13.3. The number of amides is 1. The topological polar surface area (TPSA) is 88.7 Å². The van der Waals surface area contributed by atoms with Crippen LogP contribution < -0.4 is 10.9 Å². The van der Waals surface area contributed by atoms with Gasteiger partial charge >= 0.3 is 0 Å². The highest BCUT2D eigenvalue weighted by atomic mass is 35.5. The van der Waals surface area contributed by atoms with Gasteiger partial charge in [-0.2, -0.15) is 10.2 Å². The lowest BCUT2D eigenvalue weighted by Gasteiger charge is -2.13. The molecule has 0 fully saturated rings. The molecule has 1 N–H and O–H groups in total. The fourth-order valence-electron chi connectivity index (χ4n) is 3.60. The maximum Gasteiger partial charge on any atom is 0.266 e. The lowest BCUT2D eigenvalue weighted by molar-refractivity contribution is -0.113. The molecule has 9 heteroatoms. The molecule has 4 aromatic carbocycles. The standard InChI is InChI=1S/C28H20ClN5O2S/c29-19-7-6-10-23(17-19)34-27(36)24-11-4-5-12-25(24)31-28(34)37-18-26(35)30-20-13-15-22(16-14-20)33-32-21-8-2-1-3-9-21/h1-17H,18H2,(H,30,35). The van der Waals surface area contributed by atoms with Crippen molar-refractivity contribution in [3.8, 4) is 5.69 Å². The summed E-state index contributed by atoms with van der Waals surface area (Å²) in [7, 11) is 0. The van der Waals surface area contributed by atoms with Crippen LogP contribution >= 0.6 is 23.4 Å². The van der Waals surface area contributed by atoms with Crippen LogP contribution in [-0.2, 0) is 4.79 Å². The van der Waals surface area contributed by atoms with Crippen LogP contribution in [0.15, 0.2) is 123 Å². The van der Waals surface area contributed by atoms with E-state index in [4.69, 9.17) is 11.6 Å². The van der Waals surface area contributed by atoms with Crippen LogP contribution in [0.4, 0.5) is 17.1 Å². The van der Waals surface area contributed by atoms with Gasteiger partial charge in [-0.1, -0.05) is 59.8 Å². The molecule has 1 amide bonds. The minimum Gasteiger partial charge on any atom is -0.325 e. The second kappa shape index (κ2) is 11.2. The number of nitrogens with zero attached hydrogens (tertiary/aromatic N) is 4. The summed E-state index contributed by atoms with van der Waals surface area (Å²) >= 11 is 7.35. The van der Waals surface area contributed by atoms with Gasteiger partial charge in [-0.25, -0.2) is 4.98 Å². The molecule has 182 valence electrons. The molecule has 7 nitrogen and oxygen atoms in total. The molecule has 0 atom stereocenters. The molecule has 0 aliphatic rings. The lowest BCUT2D eigenvalue weighted by Crippen LogP contribution is -2.23. The number of anilines is 1. The van der Waals surface area contributed by atoms with Crippen molar-refractivity contribution in [2.24, 2.45) is 10.2 Å². The van der Waals surface area contributed by atoms with E-state index in [0.29, 0.717) is 38.1 Å². The van der Waals surface area contributed by atoms with Gasteiger partial charge in [-0.3, -0.25) is 14.2 Å². The quantitative estimate of drug-likeness (QED) is 0.138. The monoisotopic (exact) mass is 525 g/mol. The van der Waals surface area contributed by atoms with E-state index in [9.17, 15) is 9.59 Å². The molecule has 1 heterocycles. The van der Waals surface area contributed by atoms with Gasteiger partial charge in [0, 0.05) is 10.7 Å². The largest absolute Gasteiger partial charge is 0.325 e. The van der Waals surface area contributed by atoms with Gasteiger partial charge in [0.05, 0.1) is 33.7 Å². The molecule has 0 saturated heterocycles. The number of hydrogen-bond acceptors (Lipinski definition) is 6. The van der Waals surface area contributed by atoms with Crippen LogP contribution in [-0.4, -0.2) is 21.2 Å². The highest BCUT2D eigenvalue weighted by molar-refractivity contribution is 7.99. The summed E-state index contributed by atoms with van der Waals surface area (Å²) in [6.07, 6.45) is 0. The number of hydrogen-bond donors (Lipinski definition) is 1. The number of rotatable bonds is 7. The van der Waals surface area contributed by atoms with Crippen LogP contribution in [0.3, 0.4) is 0 Å². The van der Waals surface area contributed by atoms with Gasteiger partial charge in [0.2, 0.25) is 5.91 Å². The van der Waals surface area contributed by atoms with Crippen LogP contribution in [0, 0.1) is 0 Å². The van der Waals surface area contributed by atoms with E-state index < -0.39 is 0 Å². The third-order valence-corrected chi connectivity index (χ3v) is 6.51. The van der Waals surface area contributed by atoms with Crippen molar-refractivity contribution in [3.05, 3.63) is 119 Å². The number of para-hydroxylation sites is 1. The number of nitrogens with one attached hydrogen (secondary N) is 1. The van der Waals surface area contributed by atoms with Crippen LogP contribution in [0.1, 0.15) is 0 Å². The Kier molecular flexibility index (Phi) is 7.39. The molecule has 5 aromatic rings. The van der Waals surface area contributed by atoms with Gasteiger partial charge in [-0.15, -0.1) is 0 Å². The molecule has 5 rings (SSSR count). The number of fused-ring (bicyclic) bond motifs is 1. The van der Waals surface area contributed by atoms with E-state index >= 15 is 0 Å². The summed E-state index contributed by atoms with van der Waals surface area (Å²) in [5, 5.41) is 12.6. The molecule has 0 spiro atoms. The van der Waals surface area contributed by atoms with Gasteiger partial charge < -0.3 is 5.32 Å². The summed E-state index contributed by atoms with van der Waals surface area (Å²) in [6, 6.07) is 30.6. The third kappa shape index (κ3) is 5.94. The smallest absolute Gasteiger partial charge is 0.266 e. The number of thioether (sulfide) groups is 1. The fraction of sp³-hybridized carbons (Fsp3) is 0.0357. The predicted molar refractivity (Wildman–Crippen MR) is 149 cm³/mol. The van der Waals surface area contributed by atoms with E-state index in [1.807, 2.05) is 36.4 Å². The van der Waals surface area contributed by atoms with E-state index in [0.717, 1.165) is 5.69 Å². The number of halogens is 1. The van der Waals surface area contributed by atoms with E-state index in [1.54, 1.807) is 66.7 Å². The van der Waals surface area contributed by atoms with Crippen molar-refractivity contribution < 1.29 is 4.79 Å². The van der Waals surface area contributed by atoms with Gasteiger partial charge in [0.15, 0.2) is 5.16 Å². The fourth-order valence-corrected chi connectivity index (χ4v) is 4.60. The normalized spacial score (nSPS) is 11.2. The second-order valence-electron chi connectivity index (χ2n) is 7.95. The van der Waals surface area contributed by atoms with Crippen molar-refractivity contribution in [1.82, 2.24) is 9.55 Å². The molecule has 0 aliphatic carbocycles. The van der Waals surface area contributed by atoms with Crippen LogP contribution in [0.5, 0.6) is 0 Å². The Morgan fingerprint density at radius 2 is 1.57 bits per heavy atom. The zero-order valence-electron chi connectivity index (χ0n) is 19.4. The number of azo groups is 1. The van der Waals surface area contributed by atoms with Crippen molar-refractivity contribution in [2.75, 3.05) is 11.1 Å². The summed E-state index contributed by atoms with van der Waals surface area (Å²) in [6.45, 7) is 0. The Balaban J connectivity index is 1.31. The Morgan fingerprint density at radius 1 is 0.865 bits per heavy atom. The number of carbonyl (C=O) groups excluding carboxylic acids is 1. The Hall–Kier alpha value is -4.27. The van der Waals surface area contributed by atoms with Crippen molar-refractivity contribution in [3.63, 3.8) is 0 Å². The molecule has 0 unspecified atom stereocenters. The van der Waals surface area contributed by atoms with Gasteiger partial charge in [0.1, 0.15) is 0 Å². The minimum atomic E-state index is -0.233.